The van der Waals surface area contributed by atoms with Crippen molar-refractivity contribution in [3.05, 3.63) is 71.0 Å². The van der Waals surface area contributed by atoms with Crippen LogP contribution in [0, 0.1) is 11.7 Å². The van der Waals surface area contributed by atoms with E-state index in [-0.39, 0.29) is 23.7 Å². The van der Waals surface area contributed by atoms with Crippen molar-refractivity contribution in [3.63, 3.8) is 0 Å². The third-order valence-corrected chi connectivity index (χ3v) is 4.14. The Labute approximate surface area is 130 Å². The van der Waals surface area contributed by atoms with Gasteiger partial charge in [0.2, 0.25) is 5.91 Å². The molecule has 1 fully saturated rings. The summed E-state index contributed by atoms with van der Waals surface area (Å²) in [4.78, 5) is 12.2. The van der Waals surface area contributed by atoms with Gasteiger partial charge in [-0.1, -0.05) is 43.3 Å². The molecule has 3 heteroatoms. The summed E-state index contributed by atoms with van der Waals surface area (Å²) < 4.78 is 13.6. The van der Waals surface area contributed by atoms with Crippen LogP contribution >= 0.6 is 0 Å². The number of halogens is 1. The molecule has 1 amide bonds. The van der Waals surface area contributed by atoms with Gasteiger partial charge in [-0.2, -0.15) is 0 Å². The monoisotopic (exact) mass is 297 g/mol. The molecule has 0 heterocycles. The van der Waals surface area contributed by atoms with Crippen LogP contribution in [0.25, 0.3) is 0 Å². The van der Waals surface area contributed by atoms with Crippen LogP contribution in [-0.4, -0.2) is 5.91 Å². The molecule has 2 aromatic carbocycles. The van der Waals surface area contributed by atoms with E-state index in [9.17, 15) is 9.18 Å². The third-order valence-electron chi connectivity index (χ3n) is 4.14. The average Bonchev–Trinajstić information content (AvgIpc) is 3.37. The maximum Gasteiger partial charge on any atom is 0.223 e. The Balaban J connectivity index is 1.91. The fourth-order valence-corrected chi connectivity index (χ4v) is 2.60. The Morgan fingerprint density at radius 2 is 1.91 bits per heavy atom. The van der Waals surface area contributed by atoms with E-state index in [1.54, 1.807) is 6.07 Å². The molecule has 0 spiro atoms. The zero-order chi connectivity index (χ0) is 15.5. The molecule has 0 radical (unpaired) electrons. The Bertz CT molecular complexity index is 661. The summed E-state index contributed by atoms with van der Waals surface area (Å²) in [6, 6.07) is 14.3. The second-order valence-corrected chi connectivity index (χ2v) is 5.87. The van der Waals surface area contributed by atoms with Crippen molar-refractivity contribution in [3.8, 4) is 0 Å². The number of rotatable bonds is 5. The predicted octanol–water partition coefficient (Wildman–Crippen LogP) is 4.00. The van der Waals surface area contributed by atoms with Gasteiger partial charge in [-0.3, -0.25) is 4.79 Å². The van der Waals surface area contributed by atoms with Gasteiger partial charge < -0.3 is 5.32 Å². The molecule has 0 bridgehead atoms. The second kappa shape index (κ2) is 6.30. The van der Waals surface area contributed by atoms with Crippen molar-refractivity contribution in [1.29, 1.82) is 0 Å². The molecule has 1 unspecified atom stereocenters. The van der Waals surface area contributed by atoms with Gasteiger partial charge in [0, 0.05) is 5.92 Å². The summed E-state index contributed by atoms with van der Waals surface area (Å²) in [6.07, 6.45) is 2.88. The van der Waals surface area contributed by atoms with E-state index in [1.165, 1.54) is 17.7 Å². The number of benzene rings is 2. The minimum atomic E-state index is -0.297. The zero-order valence-corrected chi connectivity index (χ0v) is 12.7. The first kappa shape index (κ1) is 14.8. The van der Waals surface area contributed by atoms with Crippen molar-refractivity contribution < 1.29 is 9.18 Å². The molecular formula is C19H20FNO. The second-order valence-electron chi connectivity index (χ2n) is 5.87. The number of nitrogens with one attached hydrogen (secondary N) is 1. The fraction of sp³-hybridized carbons (Fsp3) is 0.316. The maximum atomic E-state index is 13.6. The van der Waals surface area contributed by atoms with Crippen molar-refractivity contribution in [2.75, 3.05) is 0 Å². The Kier molecular flexibility index (Phi) is 4.23. The van der Waals surface area contributed by atoms with Gasteiger partial charge in [-0.15, -0.1) is 0 Å². The van der Waals surface area contributed by atoms with Crippen molar-refractivity contribution >= 4 is 5.91 Å². The normalized spacial score (nSPS) is 15.4. The van der Waals surface area contributed by atoms with Crippen molar-refractivity contribution in [2.45, 2.75) is 32.2 Å². The molecule has 0 saturated heterocycles. The molecule has 1 N–H and O–H groups in total. The Hall–Kier alpha value is -2.16. The highest BCUT2D eigenvalue weighted by Gasteiger charge is 2.31. The topological polar surface area (TPSA) is 29.1 Å². The molecule has 3 rings (SSSR count). The number of aryl methyl sites for hydroxylation is 1. The SMILES string of the molecule is CCc1ccc(C(NC(=O)C2CC2)c2cccc(F)c2)cc1. The molecule has 1 saturated carbocycles. The molecule has 0 aliphatic heterocycles. The number of carbonyl (C=O) groups excluding carboxylic acids is 1. The highest BCUT2D eigenvalue weighted by Crippen LogP contribution is 2.31. The van der Waals surface area contributed by atoms with Gasteiger partial charge in [0.1, 0.15) is 5.82 Å². The molecular weight excluding hydrogens is 277 g/mol. The third kappa shape index (κ3) is 3.35. The summed E-state index contributed by atoms with van der Waals surface area (Å²) in [7, 11) is 0. The maximum absolute atomic E-state index is 13.6. The van der Waals surface area contributed by atoms with Gasteiger partial charge in [-0.25, -0.2) is 4.39 Å². The van der Waals surface area contributed by atoms with Crippen molar-refractivity contribution in [2.24, 2.45) is 5.92 Å². The van der Waals surface area contributed by atoms with Crippen LogP contribution in [0.4, 0.5) is 4.39 Å². The standard InChI is InChI=1S/C19H20FNO/c1-2-13-6-8-14(9-7-13)18(21-19(22)15-10-11-15)16-4-3-5-17(20)12-16/h3-9,12,15,18H,2,10-11H2,1H3,(H,21,22). The Morgan fingerprint density at radius 1 is 1.18 bits per heavy atom. The lowest BCUT2D eigenvalue weighted by atomic mass is 9.97. The number of carbonyl (C=O) groups is 1. The molecule has 2 aromatic rings. The van der Waals surface area contributed by atoms with Gasteiger partial charge in [0.15, 0.2) is 0 Å². The Morgan fingerprint density at radius 3 is 2.50 bits per heavy atom. The lowest BCUT2D eigenvalue weighted by molar-refractivity contribution is -0.122. The average molecular weight is 297 g/mol. The highest BCUT2D eigenvalue weighted by molar-refractivity contribution is 5.81. The molecule has 0 aromatic heterocycles. The summed E-state index contributed by atoms with van der Waals surface area (Å²) in [5, 5.41) is 3.07. The lowest BCUT2D eigenvalue weighted by Crippen LogP contribution is -2.30. The van der Waals surface area contributed by atoms with Crippen LogP contribution in [0.1, 0.15) is 42.5 Å². The number of hydrogen-bond acceptors (Lipinski definition) is 1. The zero-order valence-electron chi connectivity index (χ0n) is 12.7. The van der Waals surface area contributed by atoms with E-state index < -0.39 is 0 Å². The summed E-state index contributed by atoms with van der Waals surface area (Å²) in [5.74, 6) is -0.0897. The first-order valence-corrected chi connectivity index (χ1v) is 7.82. The summed E-state index contributed by atoms with van der Waals surface area (Å²) in [6.45, 7) is 2.11. The minimum Gasteiger partial charge on any atom is -0.345 e. The molecule has 2 nitrogen and oxygen atoms in total. The van der Waals surface area contributed by atoms with Crippen LogP contribution in [0.3, 0.4) is 0 Å². The molecule has 1 aliphatic rings. The van der Waals surface area contributed by atoms with E-state index in [2.05, 4.69) is 24.4 Å². The highest BCUT2D eigenvalue weighted by atomic mass is 19.1. The van der Waals surface area contributed by atoms with Crippen LogP contribution in [-0.2, 0) is 11.2 Å². The van der Waals surface area contributed by atoms with Crippen LogP contribution < -0.4 is 5.32 Å². The molecule has 1 aliphatic carbocycles. The van der Waals surface area contributed by atoms with E-state index >= 15 is 0 Å². The minimum absolute atomic E-state index is 0.0637. The summed E-state index contributed by atoms with van der Waals surface area (Å²) >= 11 is 0. The first-order valence-electron chi connectivity index (χ1n) is 7.82. The van der Waals surface area contributed by atoms with E-state index in [1.807, 2.05) is 18.2 Å². The van der Waals surface area contributed by atoms with Crippen LogP contribution in [0.2, 0.25) is 0 Å². The van der Waals surface area contributed by atoms with E-state index in [0.717, 1.165) is 30.4 Å². The number of amides is 1. The van der Waals surface area contributed by atoms with Gasteiger partial charge in [0.25, 0.3) is 0 Å². The van der Waals surface area contributed by atoms with Crippen LogP contribution in [0.5, 0.6) is 0 Å². The largest absolute Gasteiger partial charge is 0.345 e. The van der Waals surface area contributed by atoms with Crippen molar-refractivity contribution in [1.82, 2.24) is 5.32 Å². The molecule has 114 valence electrons. The number of hydrogen-bond donors (Lipinski definition) is 1. The first-order chi connectivity index (χ1) is 10.7. The van der Waals surface area contributed by atoms with E-state index in [4.69, 9.17) is 0 Å². The fourth-order valence-electron chi connectivity index (χ4n) is 2.60. The lowest BCUT2D eigenvalue weighted by Gasteiger charge is -2.20. The van der Waals surface area contributed by atoms with Gasteiger partial charge in [0.05, 0.1) is 6.04 Å². The van der Waals surface area contributed by atoms with Crippen LogP contribution in [0.15, 0.2) is 48.5 Å². The smallest absolute Gasteiger partial charge is 0.223 e. The quantitative estimate of drug-likeness (QED) is 0.888. The van der Waals surface area contributed by atoms with E-state index in [0.29, 0.717) is 0 Å². The predicted molar refractivity (Wildman–Crippen MR) is 84.9 cm³/mol. The summed E-state index contributed by atoms with van der Waals surface area (Å²) in [5.41, 5.74) is 3.00. The van der Waals surface area contributed by atoms with Gasteiger partial charge in [-0.05, 0) is 48.1 Å². The molecule has 1 atom stereocenters. The van der Waals surface area contributed by atoms with Gasteiger partial charge >= 0.3 is 0 Å². The molecule has 22 heavy (non-hydrogen) atoms.